The van der Waals surface area contributed by atoms with E-state index >= 15 is 0 Å². The summed E-state index contributed by atoms with van der Waals surface area (Å²) in [6.45, 7) is 6.82. The highest BCUT2D eigenvalue weighted by molar-refractivity contribution is 6.01. The maximum Gasteiger partial charge on any atom is 0.230 e. The minimum atomic E-state index is -0.211. The largest absolute Gasteiger partial charge is 0.342 e. The van der Waals surface area contributed by atoms with Crippen LogP contribution in [0.1, 0.15) is 18.9 Å². The Bertz CT molecular complexity index is 668. The van der Waals surface area contributed by atoms with Crippen molar-refractivity contribution < 1.29 is 14.4 Å². The van der Waals surface area contributed by atoms with Crippen LogP contribution in [0.25, 0.3) is 0 Å². The number of piperazine rings is 1. The Morgan fingerprint density at radius 3 is 2.52 bits per heavy atom. The van der Waals surface area contributed by atoms with Crippen LogP contribution in [0.2, 0.25) is 0 Å². The summed E-state index contributed by atoms with van der Waals surface area (Å²) in [6.07, 6.45) is 1.46. The van der Waals surface area contributed by atoms with E-state index in [4.69, 9.17) is 0 Å². The van der Waals surface area contributed by atoms with Gasteiger partial charge in [-0.3, -0.25) is 14.4 Å². The van der Waals surface area contributed by atoms with E-state index in [1.807, 2.05) is 38.1 Å². The van der Waals surface area contributed by atoms with Crippen molar-refractivity contribution in [1.82, 2.24) is 9.80 Å². The van der Waals surface area contributed by atoms with Crippen molar-refractivity contribution in [2.75, 3.05) is 37.6 Å². The lowest BCUT2D eigenvalue weighted by Gasteiger charge is -2.32. The molecule has 1 saturated carbocycles. The van der Waals surface area contributed by atoms with Crippen molar-refractivity contribution in [3.63, 3.8) is 0 Å². The lowest BCUT2D eigenvalue weighted by atomic mass is 10.1. The fourth-order valence-electron chi connectivity index (χ4n) is 3.48. The quantitative estimate of drug-likeness (QED) is 0.757. The monoisotopic (exact) mass is 343 g/mol. The molecule has 0 spiro atoms. The lowest BCUT2D eigenvalue weighted by Crippen LogP contribution is -2.49. The zero-order valence-electron chi connectivity index (χ0n) is 14.9. The second-order valence-electron chi connectivity index (χ2n) is 6.84. The maximum atomic E-state index is 12.8. The molecular weight excluding hydrogens is 318 g/mol. The molecule has 134 valence electrons. The Morgan fingerprint density at radius 2 is 1.92 bits per heavy atom. The number of nitrogens with zero attached hydrogens (tertiary/aromatic N) is 3. The Hall–Kier alpha value is -2.37. The zero-order chi connectivity index (χ0) is 18.0. The normalized spacial score (nSPS) is 22.5. The molecule has 0 bridgehead atoms. The van der Waals surface area contributed by atoms with E-state index in [1.54, 1.807) is 14.7 Å². The number of rotatable bonds is 5. The summed E-state index contributed by atoms with van der Waals surface area (Å²) in [7, 11) is 0. The molecule has 0 radical (unpaired) electrons. The highest BCUT2D eigenvalue weighted by Gasteiger charge is 2.51. The van der Waals surface area contributed by atoms with Gasteiger partial charge in [-0.15, -0.1) is 0 Å². The molecule has 3 rings (SSSR count). The molecule has 0 aromatic heterocycles. The molecule has 2 fully saturated rings. The van der Waals surface area contributed by atoms with Crippen LogP contribution in [0.15, 0.2) is 24.3 Å². The first-order valence-corrected chi connectivity index (χ1v) is 8.91. The van der Waals surface area contributed by atoms with Crippen molar-refractivity contribution in [1.29, 1.82) is 0 Å². The van der Waals surface area contributed by atoms with Gasteiger partial charge in [0.2, 0.25) is 18.2 Å². The molecule has 6 heteroatoms. The molecule has 1 aliphatic carbocycles. The third-order valence-electron chi connectivity index (χ3n) is 5.10. The molecule has 1 aromatic carbocycles. The van der Waals surface area contributed by atoms with E-state index in [-0.39, 0.29) is 23.7 Å². The highest BCUT2D eigenvalue weighted by Crippen LogP contribution is 2.42. The third kappa shape index (κ3) is 3.67. The van der Waals surface area contributed by atoms with Gasteiger partial charge in [-0.25, -0.2) is 0 Å². The Balaban J connectivity index is 1.61. The number of aryl methyl sites for hydroxylation is 1. The molecule has 6 nitrogen and oxygen atoms in total. The van der Waals surface area contributed by atoms with Crippen molar-refractivity contribution >= 4 is 23.9 Å². The van der Waals surface area contributed by atoms with Gasteiger partial charge in [-0.05, 0) is 38.0 Å². The molecule has 0 N–H and O–H groups in total. The van der Waals surface area contributed by atoms with Crippen LogP contribution >= 0.6 is 0 Å². The SMILES string of the molecule is CCN(C(=O)C1CC1C(=O)N1CCN(C=O)CC1)c1cccc(C)c1. The Labute approximate surface area is 148 Å². The van der Waals surface area contributed by atoms with Crippen LogP contribution in [-0.2, 0) is 14.4 Å². The summed E-state index contributed by atoms with van der Waals surface area (Å²) in [5, 5.41) is 0. The number of carbonyl (C=O) groups is 3. The van der Waals surface area contributed by atoms with E-state index < -0.39 is 0 Å². The molecule has 2 unspecified atom stereocenters. The van der Waals surface area contributed by atoms with Gasteiger partial charge >= 0.3 is 0 Å². The van der Waals surface area contributed by atoms with Crippen molar-refractivity contribution in [3.8, 4) is 0 Å². The minimum absolute atomic E-state index is 0.0398. The third-order valence-corrected chi connectivity index (χ3v) is 5.10. The van der Waals surface area contributed by atoms with Gasteiger partial charge in [-0.1, -0.05) is 12.1 Å². The predicted molar refractivity (Wildman–Crippen MR) is 95.0 cm³/mol. The molecule has 2 atom stereocenters. The van der Waals surface area contributed by atoms with E-state index in [1.165, 1.54) is 0 Å². The number of hydrogen-bond donors (Lipinski definition) is 0. The van der Waals surface area contributed by atoms with Crippen LogP contribution in [-0.4, -0.2) is 60.7 Å². The lowest BCUT2D eigenvalue weighted by molar-refractivity contribution is -0.137. The average molecular weight is 343 g/mol. The van der Waals surface area contributed by atoms with Gasteiger partial charge in [0.05, 0.1) is 11.8 Å². The number of carbonyl (C=O) groups excluding carboxylic acids is 3. The van der Waals surface area contributed by atoms with Gasteiger partial charge < -0.3 is 14.7 Å². The maximum absolute atomic E-state index is 12.8. The second-order valence-corrected chi connectivity index (χ2v) is 6.84. The Kier molecular flexibility index (Phi) is 5.06. The van der Waals surface area contributed by atoms with Gasteiger partial charge in [0.15, 0.2) is 0 Å². The fraction of sp³-hybridized carbons (Fsp3) is 0.526. The van der Waals surface area contributed by atoms with E-state index in [2.05, 4.69) is 0 Å². The predicted octanol–water partition coefficient (Wildman–Crippen LogP) is 1.28. The molecule has 25 heavy (non-hydrogen) atoms. The molecule has 1 heterocycles. The molecule has 2 aliphatic rings. The summed E-state index contributed by atoms with van der Waals surface area (Å²) in [5.74, 6) is -0.312. The van der Waals surface area contributed by atoms with Gasteiger partial charge in [0, 0.05) is 38.4 Å². The summed E-state index contributed by atoms with van der Waals surface area (Å²) in [5.41, 5.74) is 2.01. The number of anilines is 1. The van der Waals surface area contributed by atoms with Crippen molar-refractivity contribution in [2.45, 2.75) is 20.3 Å². The van der Waals surface area contributed by atoms with E-state index in [9.17, 15) is 14.4 Å². The molecule has 1 saturated heterocycles. The summed E-state index contributed by atoms with van der Waals surface area (Å²) in [6, 6.07) is 7.89. The van der Waals surface area contributed by atoms with Crippen molar-refractivity contribution in [2.24, 2.45) is 11.8 Å². The van der Waals surface area contributed by atoms with Crippen LogP contribution in [0.4, 0.5) is 5.69 Å². The first-order chi connectivity index (χ1) is 12.0. The Morgan fingerprint density at radius 1 is 1.20 bits per heavy atom. The summed E-state index contributed by atoms with van der Waals surface area (Å²) in [4.78, 5) is 41.5. The molecule has 1 aliphatic heterocycles. The first-order valence-electron chi connectivity index (χ1n) is 8.91. The molecule has 1 aromatic rings. The van der Waals surface area contributed by atoms with Gasteiger partial charge in [0.1, 0.15) is 0 Å². The van der Waals surface area contributed by atoms with Crippen LogP contribution < -0.4 is 4.90 Å². The number of amides is 3. The van der Waals surface area contributed by atoms with Gasteiger partial charge in [-0.2, -0.15) is 0 Å². The van der Waals surface area contributed by atoms with Crippen LogP contribution in [0.3, 0.4) is 0 Å². The number of benzene rings is 1. The molecule has 3 amide bonds. The van der Waals surface area contributed by atoms with Crippen LogP contribution in [0, 0.1) is 18.8 Å². The van der Waals surface area contributed by atoms with E-state index in [0.29, 0.717) is 39.1 Å². The topological polar surface area (TPSA) is 60.9 Å². The van der Waals surface area contributed by atoms with E-state index in [0.717, 1.165) is 17.7 Å². The molecular formula is C19H25N3O3. The minimum Gasteiger partial charge on any atom is -0.342 e. The fourth-order valence-corrected chi connectivity index (χ4v) is 3.48. The van der Waals surface area contributed by atoms with Crippen LogP contribution in [0.5, 0.6) is 0 Å². The smallest absolute Gasteiger partial charge is 0.230 e. The standard InChI is InChI=1S/C19H25N3O3/c1-3-22(15-6-4-5-14(2)11-15)19(25)17-12-16(17)18(24)21-9-7-20(13-23)8-10-21/h4-6,11,13,16-17H,3,7-10,12H2,1-2H3. The first kappa shape index (κ1) is 17.5. The highest BCUT2D eigenvalue weighted by atomic mass is 16.2. The number of hydrogen-bond acceptors (Lipinski definition) is 3. The summed E-state index contributed by atoms with van der Waals surface area (Å²) < 4.78 is 0. The second kappa shape index (κ2) is 7.25. The summed E-state index contributed by atoms with van der Waals surface area (Å²) >= 11 is 0. The van der Waals surface area contributed by atoms with Crippen molar-refractivity contribution in [3.05, 3.63) is 29.8 Å². The van der Waals surface area contributed by atoms with Gasteiger partial charge in [0.25, 0.3) is 0 Å². The average Bonchev–Trinajstić information content (AvgIpc) is 3.42. The zero-order valence-corrected chi connectivity index (χ0v) is 14.9.